The van der Waals surface area contributed by atoms with Crippen LogP contribution in [0.2, 0.25) is 0 Å². The first-order chi connectivity index (χ1) is 6.98. The first-order valence-corrected chi connectivity index (χ1v) is 4.74. The maximum Gasteiger partial charge on any atom is 0.416 e. The number of benzene rings is 1. The number of alkyl halides is 3. The van der Waals surface area contributed by atoms with Crippen LogP contribution in [0.15, 0.2) is 18.2 Å². The molecule has 0 heterocycles. The second kappa shape index (κ2) is 2.43. The molecular weight excluding hydrogens is 205 g/mol. The normalized spacial score (nSPS) is 27.5. The van der Waals surface area contributed by atoms with Crippen molar-refractivity contribution < 1.29 is 18.0 Å². The lowest BCUT2D eigenvalue weighted by Crippen LogP contribution is -2.06. The van der Waals surface area contributed by atoms with Crippen molar-refractivity contribution in [2.45, 2.75) is 18.5 Å². The lowest BCUT2D eigenvalue weighted by molar-refractivity contribution is -0.137. The van der Waals surface area contributed by atoms with Gasteiger partial charge in [-0.15, -0.1) is 0 Å². The first kappa shape index (κ1) is 8.95. The van der Waals surface area contributed by atoms with Crippen LogP contribution in [0.1, 0.15) is 33.8 Å². The van der Waals surface area contributed by atoms with E-state index in [2.05, 4.69) is 0 Å². The Morgan fingerprint density at radius 1 is 1.20 bits per heavy atom. The molecule has 15 heavy (non-hydrogen) atoms. The Balaban J connectivity index is 2.12. The molecule has 0 bridgehead atoms. The third kappa shape index (κ3) is 1.14. The van der Waals surface area contributed by atoms with Crippen LogP contribution in [0.4, 0.5) is 13.2 Å². The second-order valence-corrected chi connectivity index (χ2v) is 4.11. The number of hydrogen-bond donors (Lipinski definition) is 0. The Labute approximate surface area is 83.9 Å². The van der Waals surface area contributed by atoms with Crippen molar-refractivity contribution in [1.29, 1.82) is 0 Å². The number of ketones is 1. The molecule has 0 unspecified atom stereocenters. The van der Waals surface area contributed by atoms with E-state index in [1.165, 1.54) is 6.07 Å². The summed E-state index contributed by atoms with van der Waals surface area (Å²) in [5.41, 5.74) is 0.436. The smallest absolute Gasteiger partial charge is 0.294 e. The Morgan fingerprint density at radius 2 is 1.93 bits per heavy atom. The van der Waals surface area contributed by atoms with Crippen LogP contribution in [0.25, 0.3) is 0 Å². The van der Waals surface area contributed by atoms with Crippen molar-refractivity contribution >= 4 is 5.78 Å². The summed E-state index contributed by atoms with van der Waals surface area (Å²) in [5.74, 6) is 0.0574. The highest BCUT2D eigenvalue weighted by molar-refractivity contribution is 6.05. The molecule has 0 spiro atoms. The van der Waals surface area contributed by atoms with Crippen LogP contribution in [-0.2, 0) is 6.18 Å². The van der Waals surface area contributed by atoms with Gasteiger partial charge in [-0.3, -0.25) is 4.79 Å². The average molecular weight is 212 g/mol. The van der Waals surface area contributed by atoms with Crippen molar-refractivity contribution in [2.75, 3.05) is 0 Å². The minimum Gasteiger partial charge on any atom is -0.294 e. The quantitative estimate of drug-likeness (QED) is 0.646. The molecule has 0 aliphatic heterocycles. The molecule has 0 saturated heterocycles. The van der Waals surface area contributed by atoms with Crippen LogP contribution < -0.4 is 0 Å². The Bertz CT molecular complexity index is 461. The van der Waals surface area contributed by atoms with Gasteiger partial charge in [-0.2, -0.15) is 13.2 Å². The van der Waals surface area contributed by atoms with Gasteiger partial charge >= 0.3 is 6.18 Å². The minimum absolute atomic E-state index is 0.0173. The van der Waals surface area contributed by atoms with Crippen LogP contribution >= 0.6 is 0 Å². The summed E-state index contributed by atoms with van der Waals surface area (Å²) in [7, 11) is 0. The molecule has 0 aromatic heterocycles. The molecule has 2 aliphatic rings. The van der Waals surface area contributed by atoms with Gasteiger partial charge in [0.1, 0.15) is 0 Å². The molecule has 1 aromatic carbocycles. The minimum atomic E-state index is -4.31. The topological polar surface area (TPSA) is 17.1 Å². The standard InChI is InChI=1S/C11H7F3O/c12-11(13,14)5-1-2-6-7(3-5)8-4-9(8)10(6)15/h1-3,8-9H,4H2/t8-,9-/m0/s1. The van der Waals surface area contributed by atoms with Crippen molar-refractivity contribution in [3.63, 3.8) is 0 Å². The Hall–Kier alpha value is -1.32. The van der Waals surface area contributed by atoms with Gasteiger partial charge in [0.2, 0.25) is 0 Å². The van der Waals surface area contributed by atoms with Crippen LogP contribution in [0.5, 0.6) is 0 Å². The molecule has 0 amide bonds. The summed E-state index contributed by atoms with van der Waals surface area (Å²) in [6.45, 7) is 0. The van der Waals surface area contributed by atoms with E-state index in [0.29, 0.717) is 11.1 Å². The Morgan fingerprint density at radius 3 is 2.60 bits per heavy atom. The van der Waals surface area contributed by atoms with E-state index in [-0.39, 0.29) is 17.6 Å². The molecule has 78 valence electrons. The number of halogens is 3. The molecular formula is C11H7F3O. The number of rotatable bonds is 0. The van der Waals surface area contributed by atoms with E-state index in [1.54, 1.807) is 0 Å². The number of hydrogen-bond acceptors (Lipinski definition) is 1. The third-order valence-electron chi connectivity index (χ3n) is 3.17. The van der Waals surface area contributed by atoms with E-state index >= 15 is 0 Å². The summed E-state index contributed by atoms with van der Waals surface area (Å²) in [6, 6.07) is 3.43. The van der Waals surface area contributed by atoms with Gasteiger partial charge in [0.25, 0.3) is 0 Å². The number of carbonyl (C=O) groups excluding carboxylic acids is 1. The largest absolute Gasteiger partial charge is 0.416 e. The second-order valence-electron chi connectivity index (χ2n) is 4.11. The number of carbonyl (C=O) groups is 1. The molecule has 1 saturated carbocycles. The lowest BCUT2D eigenvalue weighted by atomic mass is 10.0. The van der Waals surface area contributed by atoms with Crippen molar-refractivity contribution in [2.24, 2.45) is 5.92 Å². The molecule has 4 heteroatoms. The van der Waals surface area contributed by atoms with Gasteiger partial charge in [0.05, 0.1) is 5.56 Å². The maximum absolute atomic E-state index is 12.4. The monoisotopic (exact) mass is 212 g/mol. The summed E-state index contributed by atoms with van der Waals surface area (Å²) in [6.07, 6.45) is -3.59. The zero-order chi connectivity index (χ0) is 10.8. The van der Waals surface area contributed by atoms with Crippen molar-refractivity contribution in [3.8, 4) is 0 Å². The van der Waals surface area contributed by atoms with Crippen LogP contribution in [-0.4, -0.2) is 5.78 Å². The van der Waals surface area contributed by atoms with Gasteiger partial charge in [0, 0.05) is 11.5 Å². The van der Waals surface area contributed by atoms with Gasteiger partial charge in [-0.25, -0.2) is 0 Å². The first-order valence-electron chi connectivity index (χ1n) is 4.74. The average Bonchev–Trinajstić information content (AvgIpc) is 2.89. The summed E-state index contributed by atoms with van der Waals surface area (Å²) in [4.78, 5) is 11.5. The highest BCUT2D eigenvalue weighted by atomic mass is 19.4. The Kier molecular flexibility index (Phi) is 1.45. The fourth-order valence-electron chi connectivity index (χ4n) is 2.30. The summed E-state index contributed by atoms with van der Waals surface area (Å²) in [5, 5.41) is 0. The molecule has 1 nitrogen and oxygen atoms in total. The molecule has 0 N–H and O–H groups in total. The predicted octanol–water partition coefficient (Wildman–Crippen LogP) is 3.01. The maximum atomic E-state index is 12.4. The summed E-state index contributed by atoms with van der Waals surface area (Å²) >= 11 is 0. The zero-order valence-corrected chi connectivity index (χ0v) is 7.64. The van der Waals surface area contributed by atoms with E-state index < -0.39 is 11.7 Å². The summed E-state index contributed by atoms with van der Waals surface area (Å²) < 4.78 is 37.2. The fraction of sp³-hybridized carbons (Fsp3) is 0.364. The lowest BCUT2D eigenvalue weighted by Gasteiger charge is -2.09. The molecule has 3 rings (SSSR count). The highest BCUT2D eigenvalue weighted by Crippen LogP contribution is 2.56. The van der Waals surface area contributed by atoms with Crippen LogP contribution in [0, 0.1) is 5.92 Å². The molecule has 1 aromatic rings. The van der Waals surface area contributed by atoms with Crippen molar-refractivity contribution in [1.82, 2.24) is 0 Å². The van der Waals surface area contributed by atoms with Gasteiger partial charge in [-0.05, 0) is 30.0 Å². The third-order valence-corrected chi connectivity index (χ3v) is 3.17. The highest BCUT2D eigenvalue weighted by Gasteiger charge is 2.52. The number of fused-ring (bicyclic) bond motifs is 3. The van der Waals surface area contributed by atoms with E-state index in [9.17, 15) is 18.0 Å². The van der Waals surface area contributed by atoms with Crippen molar-refractivity contribution in [3.05, 3.63) is 34.9 Å². The van der Waals surface area contributed by atoms with E-state index in [0.717, 1.165) is 18.6 Å². The molecule has 1 fully saturated rings. The van der Waals surface area contributed by atoms with E-state index in [4.69, 9.17) is 0 Å². The fourth-order valence-corrected chi connectivity index (χ4v) is 2.30. The van der Waals surface area contributed by atoms with Gasteiger partial charge in [-0.1, -0.05) is 6.07 Å². The molecule has 0 radical (unpaired) electrons. The van der Waals surface area contributed by atoms with Gasteiger partial charge < -0.3 is 0 Å². The molecule has 2 atom stereocenters. The van der Waals surface area contributed by atoms with E-state index in [1.807, 2.05) is 0 Å². The van der Waals surface area contributed by atoms with Crippen LogP contribution in [0.3, 0.4) is 0 Å². The molecule has 2 aliphatic carbocycles. The SMILES string of the molecule is O=C1c2ccc(C(F)(F)F)cc2[C@@H]2C[C@H]12. The van der Waals surface area contributed by atoms with Gasteiger partial charge in [0.15, 0.2) is 5.78 Å². The number of Topliss-reactive ketones (excluding diaryl/α,β-unsaturated/α-hetero) is 1. The predicted molar refractivity (Wildman–Crippen MR) is 46.6 cm³/mol. The zero-order valence-electron chi connectivity index (χ0n) is 7.64.